The van der Waals surface area contributed by atoms with Crippen molar-refractivity contribution in [1.82, 2.24) is 19.2 Å². The molecule has 0 unspecified atom stereocenters. The van der Waals surface area contributed by atoms with Gasteiger partial charge in [-0.2, -0.15) is 0 Å². The molecule has 0 saturated heterocycles. The third-order valence-corrected chi connectivity index (χ3v) is 6.31. The summed E-state index contributed by atoms with van der Waals surface area (Å²) in [6.07, 6.45) is 0. The predicted molar refractivity (Wildman–Crippen MR) is 110 cm³/mol. The van der Waals surface area contributed by atoms with Crippen LogP contribution in [0, 0.1) is 0 Å². The van der Waals surface area contributed by atoms with E-state index in [1.54, 1.807) is 22.8 Å². The second-order valence-electron chi connectivity index (χ2n) is 6.21. The minimum absolute atomic E-state index is 0.0745. The Balaban J connectivity index is 1.39. The molecule has 29 heavy (non-hydrogen) atoms. The van der Waals surface area contributed by atoms with Gasteiger partial charge in [-0.15, -0.1) is 21.5 Å². The summed E-state index contributed by atoms with van der Waals surface area (Å²) in [5.74, 6) is 1.70. The SMILES string of the molecule is CCn1c(=O)c2sccc2n2c(SCC(=O)Nc3ccc4c(c3)OCO4)nnc12. The molecule has 1 aromatic carbocycles. The maximum absolute atomic E-state index is 12.6. The molecule has 0 radical (unpaired) electrons. The number of hydrogen-bond donors (Lipinski definition) is 1. The van der Waals surface area contributed by atoms with Crippen molar-refractivity contribution in [2.75, 3.05) is 17.9 Å². The van der Waals surface area contributed by atoms with Gasteiger partial charge in [-0.05, 0) is 30.5 Å². The summed E-state index contributed by atoms with van der Waals surface area (Å²) in [6, 6.07) is 7.12. The fraction of sp³-hybridized carbons (Fsp3) is 0.222. The lowest BCUT2D eigenvalue weighted by molar-refractivity contribution is -0.113. The first-order valence-corrected chi connectivity index (χ1v) is 10.7. The van der Waals surface area contributed by atoms with E-state index in [9.17, 15) is 9.59 Å². The lowest BCUT2D eigenvalue weighted by Gasteiger charge is -2.07. The Morgan fingerprint density at radius 3 is 3.00 bits per heavy atom. The van der Waals surface area contributed by atoms with Crippen molar-refractivity contribution in [2.24, 2.45) is 0 Å². The van der Waals surface area contributed by atoms with Crippen LogP contribution in [0.4, 0.5) is 5.69 Å². The van der Waals surface area contributed by atoms with Gasteiger partial charge in [0.2, 0.25) is 18.5 Å². The molecular formula is C18H15N5O4S2. The molecule has 1 N–H and O–H groups in total. The molecule has 148 valence electrons. The fourth-order valence-electron chi connectivity index (χ4n) is 3.18. The third-order valence-electron chi connectivity index (χ3n) is 4.49. The highest BCUT2D eigenvalue weighted by Crippen LogP contribution is 2.34. The van der Waals surface area contributed by atoms with E-state index >= 15 is 0 Å². The average Bonchev–Trinajstić information content (AvgIpc) is 3.45. The van der Waals surface area contributed by atoms with E-state index in [1.807, 2.05) is 22.8 Å². The fourth-order valence-corrected chi connectivity index (χ4v) is 4.74. The molecule has 0 fully saturated rings. The van der Waals surface area contributed by atoms with Gasteiger partial charge in [-0.25, -0.2) is 0 Å². The van der Waals surface area contributed by atoms with Crippen LogP contribution in [-0.4, -0.2) is 37.6 Å². The summed E-state index contributed by atoms with van der Waals surface area (Å²) in [6.45, 7) is 2.56. The number of thioether (sulfide) groups is 1. The molecule has 3 aromatic heterocycles. The maximum Gasteiger partial charge on any atom is 0.272 e. The van der Waals surface area contributed by atoms with E-state index in [4.69, 9.17) is 9.47 Å². The first-order chi connectivity index (χ1) is 14.2. The van der Waals surface area contributed by atoms with E-state index in [1.165, 1.54) is 23.1 Å². The Labute approximate surface area is 172 Å². The van der Waals surface area contributed by atoms with E-state index < -0.39 is 0 Å². The monoisotopic (exact) mass is 429 g/mol. The van der Waals surface area contributed by atoms with Crippen LogP contribution < -0.4 is 20.3 Å². The predicted octanol–water partition coefficient (Wildman–Crippen LogP) is 2.59. The Bertz CT molecular complexity index is 1310. The van der Waals surface area contributed by atoms with Crippen LogP contribution in [0.2, 0.25) is 0 Å². The molecule has 0 aliphatic carbocycles. The summed E-state index contributed by atoms with van der Waals surface area (Å²) >= 11 is 2.65. The summed E-state index contributed by atoms with van der Waals surface area (Å²) in [7, 11) is 0. The molecule has 4 aromatic rings. The molecule has 5 rings (SSSR count). The van der Waals surface area contributed by atoms with Crippen molar-refractivity contribution in [3.8, 4) is 11.5 Å². The summed E-state index contributed by atoms with van der Waals surface area (Å²) < 4.78 is 14.7. The number of carbonyl (C=O) groups excluding carboxylic acids is 1. The summed E-state index contributed by atoms with van der Waals surface area (Å²) in [4.78, 5) is 25.0. The van der Waals surface area contributed by atoms with Crippen molar-refractivity contribution >= 4 is 50.7 Å². The van der Waals surface area contributed by atoms with Gasteiger partial charge < -0.3 is 14.8 Å². The summed E-state index contributed by atoms with van der Waals surface area (Å²) in [5, 5.41) is 13.7. The zero-order chi connectivity index (χ0) is 20.0. The van der Waals surface area contributed by atoms with E-state index in [0.29, 0.717) is 39.4 Å². The molecule has 11 heteroatoms. The van der Waals surface area contributed by atoms with Gasteiger partial charge in [0.05, 0.1) is 11.3 Å². The normalized spacial score (nSPS) is 12.7. The average molecular weight is 429 g/mol. The molecule has 4 heterocycles. The highest BCUT2D eigenvalue weighted by Gasteiger charge is 2.18. The molecule has 1 aliphatic heterocycles. The van der Waals surface area contributed by atoms with Crippen LogP contribution >= 0.6 is 23.1 Å². The number of nitrogens with zero attached hydrogens (tertiary/aromatic N) is 4. The second kappa shape index (κ2) is 7.08. The van der Waals surface area contributed by atoms with Crippen LogP contribution in [0.1, 0.15) is 6.92 Å². The third kappa shape index (κ3) is 3.02. The van der Waals surface area contributed by atoms with Crippen molar-refractivity contribution in [2.45, 2.75) is 18.6 Å². The lowest BCUT2D eigenvalue weighted by atomic mass is 10.3. The minimum atomic E-state index is -0.184. The number of hydrogen-bond acceptors (Lipinski definition) is 8. The van der Waals surface area contributed by atoms with Gasteiger partial charge in [-0.3, -0.25) is 18.6 Å². The zero-order valence-corrected chi connectivity index (χ0v) is 16.9. The van der Waals surface area contributed by atoms with Crippen molar-refractivity contribution in [1.29, 1.82) is 0 Å². The number of anilines is 1. The molecule has 1 amide bonds. The number of ether oxygens (including phenoxy) is 2. The van der Waals surface area contributed by atoms with Crippen LogP contribution in [0.3, 0.4) is 0 Å². The van der Waals surface area contributed by atoms with E-state index in [0.717, 1.165) is 5.52 Å². The number of rotatable bonds is 5. The van der Waals surface area contributed by atoms with E-state index in [-0.39, 0.29) is 24.0 Å². The number of benzene rings is 1. The number of fused-ring (bicyclic) bond motifs is 4. The van der Waals surface area contributed by atoms with Crippen molar-refractivity contribution in [3.63, 3.8) is 0 Å². The maximum atomic E-state index is 12.6. The molecule has 0 atom stereocenters. The molecule has 0 saturated carbocycles. The zero-order valence-electron chi connectivity index (χ0n) is 15.2. The van der Waals surface area contributed by atoms with Gasteiger partial charge >= 0.3 is 0 Å². The van der Waals surface area contributed by atoms with Crippen molar-refractivity contribution < 1.29 is 14.3 Å². The second-order valence-corrected chi connectivity index (χ2v) is 8.07. The van der Waals surface area contributed by atoms with Crippen molar-refractivity contribution in [3.05, 3.63) is 40.0 Å². The standard InChI is InChI=1S/C18H15N5O4S2/c1-2-22-16(25)15-11(5-6-28-15)23-17(22)20-21-18(23)29-8-14(24)19-10-3-4-12-13(7-10)27-9-26-12/h3-7H,2,8-9H2,1H3,(H,19,24). The van der Waals surface area contributed by atoms with Gasteiger partial charge in [0.1, 0.15) is 4.70 Å². The molecule has 0 spiro atoms. The lowest BCUT2D eigenvalue weighted by Crippen LogP contribution is -2.21. The number of amides is 1. The van der Waals surface area contributed by atoms with Crippen LogP contribution in [0.15, 0.2) is 39.6 Å². The highest BCUT2D eigenvalue weighted by molar-refractivity contribution is 7.99. The minimum Gasteiger partial charge on any atom is -0.454 e. The van der Waals surface area contributed by atoms with Crippen LogP contribution in [0.25, 0.3) is 16.0 Å². The molecular weight excluding hydrogens is 414 g/mol. The molecule has 1 aliphatic rings. The number of thiophene rings is 1. The largest absolute Gasteiger partial charge is 0.454 e. The molecule has 9 nitrogen and oxygen atoms in total. The number of aromatic nitrogens is 4. The highest BCUT2D eigenvalue weighted by atomic mass is 32.2. The Kier molecular flexibility index (Phi) is 4.40. The first-order valence-electron chi connectivity index (χ1n) is 8.83. The Hall–Kier alpha value is -3.05. The van der Waals surface area contributed by atoms with E-state index in [2.05, 4.69) is 15.5 Å². The summed E-state index contributed by atoms with van der Waals surface area (Å²) in [5.41, 5.74) is 1.31. The molecule has 0 bridgehead atoms. The number of carbonyl (C=O) groups is 1. The van der Waals surface area contributed by atoms with Gasteiger partial charge in [0.15, 0.2) is 16.7 Å². The smallest absolute Gasteiger partial charge is 0.272 e. The Morgan fingerprint density at radius 2 is 2.14 bits per heavy atom. The quantitative estimate of drug-likeness (QED) is 0.487. The topological polar surface area (TPSA) is 99.8 Å². The Morgan fingerprint density at radius 1 is 1.28 bits per heavy atom. The number of nitrogens with one attached hydrogen (secondary N) is 1. The van der Waals surface area contributed by atoms with Gasteiger partial charge in [-0.1, -0.05) is 11.8 Å². The first kappa shape index (κ1) is 18.0. The number of aryl methyl sites for hydroxylation is 1. The van der Waals surface area contributed by atoms with Gasteiger partial charge in [0.25, 0.3) is 5.56 Å². The van der Waals surface area contributed by atoms with Gasteiger partial charge in [0, 0.05) is 18.3 Å². The van der Waals surface area contributed by atoms with Crippen LogP contribution in [0.5, 0.6) is 11.5 Å². The van der Waals surface area contributed by atoms with Crippen LogP contribution in [-0.2, 0) is 11.3 Å².